The van der Waals surface area contributed by atoms with Crippen molar-refractivity contribution in [2.45, 2.75) is 39.5 Å². The molecule has 0 saturated heterocycles. The summed E-state index contributed by atoms with van der Waals surface area (Å²) in [7, 11) is 1.88. The van der Waals surface area contributed by atoms with Crippen LogP contribution in [-0.4, -0.2) is 26.0 Å². The first-order chi connectivity index (χ1) is 7.07. The van der Waals surface area contributed by atoms with Gasteiger partial charge in [-0.1, -0.05) is 26.7 Å². The highest BCUT2D eigenvalue weighted by Gasteiger charge is 2.29. The molecule has 0 bridgehead atoms. The van der Waals surface area contributed by atoms with Crippen molar-refractivity contribution in [2.24, 2.45) is 11.3 Å². The zero-order chi connectivity index (χ0) is 11.3. The summed E-state index contributed by atoms with van der Waals surface area (Å²) in [5.74, 6) is 0.248. The van der Waals surface area contributed by atoms with E-state index in [1.807, 2.05) is 14.0 Å². The second-order valence-electron chi connectivity index (χ2n) is 5.19. The first kappa shape index (κ1) is 12.5. The monoisotopic (exact) mass is 212 g/mol. The van der Waals surface area contributed by atoms with Gasteiger partial charge in [0.25, 0.3) is 0 Å². The van der Waals surface area contributed by atoms with Crippen LogP contribution in [0.5, 0.6) is 0 Å². The lowest BCUT2D eigenvalue weighted by Gasteiger charge is -2.24. The molecule has 1 aliphatic rings. The van der Waals surface area contributed by atoms with Crippen molar-refractivity contribution in [1.29, 1.82) is 0 Å². The summed E-state index contributed by atoms with van der Waals surface area (Å²) in [6.45, 7) is 5.84. The topological polar surface area (TPSA) is 41.1 Å². The summed E-state index contributed by atoms with van der Waals surface area (Å²) in [4.78, 5) is 11.7. The Balaban J connectivity index is 2.26. The number of carbonyl (C=O) groups excluding carboxylic acids is 1. The van der Waals surface area contributed by atoms with Crippen molar-refractivity contribution in [2.75, 3.05) is 20.1 Å². The van der Waals surface area contributed by atoms with Crippen molar-refractivity contribution in [3.05, 3.63) is 0 Å². The Morgan fingerprint density at radius 3 is 2.53 bits per heavy atom. The fourth-order valence-electron chi connectivity index (χ4n) is 2.28. The van der Waals surface area contributed by atoms with Gasteiger partial charge in [0.05, 0.1) is 0 Å². The molecule has 1 aliphatic carbocycles. The van der Waals surface area contributed by atoms with E-state index >= 15 is 0 Å². The molecule has 3 nitrogen and oxygen atoms in total. The molecule has 1 fully saturated rings. The summed E-state index contributed by atoms with van der Waals surface area (Å²) in [6.07, 6.45) is 5.15. The summed E-state index contributed by atoms with van der Waals surface area (Å²) >= 11 is 0. The first-order valence-corrected chi connectivity index (χ1v) is 6.00. The van der Waals surface area contributed by atoms with Crippen LogP contribution < -0.4 is 10.6 Å². The molecule has 0 radical (unpaired) electrons. The molecular weight excluding hydrogens is 188 g/mol. The Hall–Kier alpha value is -0.570. The lowest BCUT2D eigenvalue weighted by molar-refractivity contribution is -0.124. The van der Waals surface area contributed by atoms with Gasteiger partial charge in [-0.3, -0.25) is 4.79 Å². The average Bonchev–Trinajstić information content (AvgIpc) is 2.63. The first-order valence-electron chi connectivity index (χ1n) is 6.00. The molecular formula is C12H24N2O. The van der Waals surface area contributed by atoms with E-state index in [4.69, 9.17) is 0 Å². The average molecular weight is 212 g/mol. The quantitative estimate of drug-likeness (QED) is 0.726. The largest absolute Gasteiger partial charge is 0.355 e. The maximum absolute atomic E-state index is 11.7. The van der Waals surface area contributed by atoms with Crippen molar-refractivity contribution >= 4 is 5.91 Å². The molecule has 1 unspecified atom stereocenters. The zero-order valence-corrected chi connectivity index (χ0v) is 10.2. The molecule has 0 aliphatic heterocycles. The van der Waals surface area contributed by atoms with Crippen LogP contribution in [0, 0.1) is 11.3 Å². The molecule has 2 N–H and O–H groups in total. The number of nitrogens with one attached hydrogen (secondary N) is 2. The minimum absolute atomic E-state index is 0.0694. The highest BCUT2D eigenvalue weighted by atomic mass is 16.1. The third kappa shape index (κ3) is 3.82. The Kier molecular flexibility index (Phi) is 4.58. The maximum atomic E-state index is 11.7. The van der Waals surface area contributed by atoms with Crippen LogP contribution in [0.4, 0.5) is 0 Å². The van der Waals surface area contributed by atoms with E-state index in [2.05, 4.69) is 17.6 Å². The number of carbonyl (C=O) groups is 1. The summed E-state index contributed by atoms with van der Waals surface area (Å²) < 4.78 is 0. The van der Waals surface area contributed by atoms with Gasteiger partial charge >= 0.3 is 0 Å². The highest BCUT2D eigenvalue weighted by Crippen LogP contribution is 2.36. The van der Waals surface area contributed by atoms with Crippen LogP contribution in [0.3, 0.4) is 0 Å². The van der Waals surface area contributed by atoms with Crippen LogP contribution in [0.1, 0.15) is 39.5 Å². The van der Waals surface area contributed by atoms with Crippen LogP contribution in [0.2, 0.25) is 0 Å². The number of amides is 1. The van der Waals surface area contributed by atoms with Gasteiger partial charge in [-0.2, -0.15) is 0 Å². The minimum Gasteiger partial charge on any atom is -0.355 e. The van der Waals surface area contributed by atoms with Crippen molar-refractivity contribution in [3.63, 3.8) is 0 Å². The van der Waals surface area contributed by atoms with Crippen LogP contribution in [-0.2, 0) is 4.79 Å². The van der Waals surface area contributed by atoms with E-state index in [1.54, 1.807) is 0 Å². The molecule has 1 saturated carbocycles. The molecule has 15 heavy (non-hydrogen) atoms. The molecule has 0 heterocycles. The third-order valence-electron chi connectivity index (χ3n) is 3.46. The van der Waals surface area contributed by atoms with E-state index in [9.17, 15) is 4.79 Å². The molecule has 0 aromatic carbocycles. The summed E-state index contributed by atoms with van der Waals surface area (Å²) in [5, 5.41) is 6.10. The van der Waals surface area contributed by atoms with Crippen LogP contribution in [0.15, 0.2) is 0 Å². The molecule has 1 atom stereocenters. The lowest BCUT2D eigenvalue weighted by atomic mass is 9.89. The predicted octanol–water partition coefficient (Wildman–Crippen LogP) is 1.54. The van der Waals surface area contributed by atoms with E-state index in [1.165, 1.54) is 25.7 Å². The van der Waals surface area contributed by atoms with E-state index in [0.29, 0.717) is 5.41 Å². The normalized spacial score (nSPS) is 21.3. The number of hydrogen-bond donors (Lipinski definition) is 2. The second-order valence-corrected chi connectivity index (χ2v) is 5.19. The molecule has 88 valence electrons. The predicted molar refractivity (Wildman–Crippen MR) is 62.7 cm³/mol. The number of rotatable bonds is 5. The van der Waals surface area contributed by atoms with Crippen molar-refractivity contribution < 1.29 is 4.79 Å². The lowest BCUT2D eigenvalue weighted by Crippen LogP contribution is -2.39. The van der Waals surface area contributed by atoms with Crippen molar-refractivity contribution in [1.82, 2.24) is 10.6 Å². The van der Waals surface area contributed by atoms with Crippen LogP contribution >= 0.6 is 0 Å². The molecule has 0 aromatic rings. The summed E-state index contributed by atoms with van der Waals surface area (Å²) in [5.41, 5.74) is 0.356. The van der Waals surface area contributed by atoms with E-state index < -0.39 is 0 Å². The third-order valence-corrected chi connectivity index (χ3v) is 3.46. The second kappa shape index (κ2) is 5.50. The fraction of sp³-hybridized carbons (Fsp3) is 0.917. The Labute approximate surface area is 93.0 Å². The van der Waals surface area contributed by atoms with Gasteiger partial charge in [0.1, 0.15) is 0 Å². The summed E-state index contributed by atoms with van der Waals surface area (Å²) in [6, 6.07) is 0. The molecule has 3 heteroatoms. The zero-order valence-electron chi connectivity index (χ0n) is 10.2. The van der Waals surface area contributed by atoms with Gasteiger partial charge in [0, 0.05) is 19.0 Å². The van der Waals surface area contributed by atoms with Gasteiger partial charge in [-0.05, 0) is 25.3 Å². The van der Waals surface area contributed by atoms with Gasteiger partial charge < -0.3 is 10.6 Å². The van der Waals surface area contributed by atoms with Crippen molar-refractivity contribution in [3.8, 4) is 0 Å². The number of hydrogen-bond acceptors (Lipinski definition) is 2. The molecule has 0 spiro atoms. The smallest absolute Gasteiger partial charge is 0.224 e. The minimum atomic E-state index is 0.0694. The fourth-order valence-corrected chi connectivity index (χ4v) is 2.28. The van der Waals surface area contributed by atoms with Gasteiger partial charge in [0.2, 0.25) is 5.91 Å². The van der Waals surface area contributed by atoms with E-state index in [-0.39, 0.29) is 11.8 Å². The molecule has 0 aromatic heterocycles. The van der Waals surface area contributed by atoms with Gasteiger partial charge in [0.15, 0.2) is 0 Å². The molecule has 1 amide bonds. The Bertz CT molecular complexity index is 210. The van der Waals surface area contributed by atoms with E-state index in [0.717, 1.165) is 13.1 Å². The van der Waals surface area contributed by atoms with Gasteiger partial charge in [-0.15, -0.1) is 0 Å². The molecule has 1 rings (SSSR count). The highest BCUT2D eigenvalue weighted by molar-refractivity contribution is 5.78. The maximum Gasteiger partial charge on any atom is 0.224 e. The Morgan fingerprint density at radius 2 is 2.00 bits per heavy atom. The van der Waals surface area contributed by atoms with Crippen LogP contribution in [0.25, 0.3) is 0 Å². The standard InChI is InChI=1S/C12H24N2O/c1-10(8-13-3)11(15)14-9-12(2)6-4-5-7-12/h10,13H,4-9H2,1-3H3,(H,14,15). The SMILES string of the molecule is CNCC(C)C(=O)NCC1(C)CCCC1. The van der Waals surface area contributed by atoms with Gasteiger partial charge in [-0.25, -0.2) is 0 Å². The Morgan fingerprint density at radius 1 is 1.40 bits per heavy atom.